The van der Waals surface area contributed by atoms with E-state index in [-0.39, 0.29) is 18.5 Å². The van der Waals surface area contributed by atoms with Crippen molar-refractivity contribution >= 4 is 11.9 Å². The molecule has 0 aromatic heterocycles. The maximum absolute atomic E-state index is 13.0. The number of hydrogen-bond donors (Lipinski definition) is 1. The number of carboxylic acid groups (broad SMARTS) is 1. The molecule has 29 heavy (non-hydrogen) atoms. The first kappa shape index (κ1) is 20.9. The standard InChI is InChI=1S/C23H28N2O4/c1-24(16-22(26)27)20-10-6-13-25(14-12-20)23(28)19-9-5-11-21(15-19)29-17-18-7-3-2-4-8-18/h2-5,7-9,11,15,20H,6,10,12-14,16-17H2,1H3,(H,26,27)/t20-/m1/s1. The van der Waals surface area contributed by atoms with Crippen molar-refractivity contribution in [2.45, 2.75) is 31.9 Å². The molecular formula is C23H28N2O4. The number of likely N-dealkylation sites (N-methyl/N-ethyl adjacent to an activating group) is 1. The van der Waals surface area contributed by atoms with E-state index in [1.807, 2.05) is 65.4 Å². The molecule has 2 aromatic rings. The molecule has 1 N–H and O–H groups in total. The Kier molecular flexibility index (Phi) is 7.25. The van der Waals surface area contributed by atoms with Crippen molar-refractivity contribution in [2.24, 2.45) is 0 Å². The quantitative estimate of drug-likeness (QED) is 0.778. The Labute approximate surface area is 171 Å². The lowest BCUT2D eigenvalue weighted by Gasteiger charge is -2.25. The fourth-order valence-electron chi connectivity index (χ4n) is 3.71. The Hall–Kier alpha value is -2.86. The monoisotopic (exact) mass is 396 g/mol. The number of aliphatic carboxylic acids is 1. The molecule has 1 aliphatic heterocycles. The van der Waals surface area contributed by atoms with Crippen molar-refractivity contribution in [1.82, 2.24) is 9.80 Å². The average Bonchev–Trinajstić information content (AvgIpc) is 2.99. The summed E-state index contributed by atoms with van der Waals surface area (Å²) in [5, 5.41) is 9.00. The fourth-order valence-corrected chi connectivity index (χ4v) is 3.71. The van der Waals surface area contributed by atoms with Crippen LogP contribution < -0.4 is 4.74 Å². The Morgan fingerprint density at radius 3 is 2.66 bits per heavy atom. The molecule has 1 atom stereocenters. The van der Waals surface area contributed by atoms with E-state index < -0.39 is 5.97 Å². The van der Waals surface area contributed by atoms with Gasteiger partial charge < -0.3 is 14.7 Å². The van der Waals surface area contributed by atoms with Gasteiger partial charge in [0.15, 0.2) is 0 Å². The number of amides is 1. The Morgan fingerprint density at radius 2 is 1.90 bits per heavy atom. The molecule has 2 aromatic carbocycles. The molecule has 1 aliphatic rings. The molecule has 0 radical (unpaired) electrons. The van der Waals surface area contributed by atoms with Crippen molar-refractivity contribution in [3.05, 3.63) is 65.7 Å². The molecule has 3 rings (SSSR count). The van der Waals surface area contributed by atoms with Gasteiger partial charge >= 0.3 is 5.97 Å². The molecule has 0 bridgehead atoms. The van der Waals surface area contributed by atoms with Gasteiger partial charge in [0.1, 0.15) is 12.4 Å². The Bertz CT molecular complexity index is 825. The van der Waals surface area contributed by atoms with Crippen LogP contribution in [0.5, 0.6) is 5.75 Å². The third-order valence-electron chi connectivity index (χ3n) is 5.32. The van der Waals surface area contributed by atoms with Gasteiger partial charge in [-0.1, -0.05) is 36.4 Å². The van der Waals surface area contributed by atoms with E-state index in [4.69, 9.17) is 9.84 Å². The van der Waals surface area contributed by atoms with Crippen LogP contribution in [0, 0.1) is 0 Å². The van der Waals surface area contributed by atoms with E-state index in [2.05, 4.69) is 0 Å². The highest BCUT2D eigenvalue weighted by atomic mass is 16.5. The second-order valence-corrected chi connectivity index (χ2v) is 7.49. The molecule has 1 heterocycles. The number of hydrogen-bond acceptors (Lipinski definition) is 4. The number of carbonyl (C=O) groups is 2. The molecule has 154 valence electrons. The number of likely N-dealkylation sites (tertiary alicyclic amines) is 1. The zero-order chi connectivity index (χ0) is 20.6. The van der Waals surface area contributed by atoms with E-state index in [1.165, 1.54) is 0 Å². The molecule has 1 fully saturated rings. The first-order valence-electron chi connectivity index (χ1n) is 10.0. The van der Waals surface area contributed by atoms with E-state index in [9.17, 15) is 9.59 Å². The van der Waals surface area contributed by atoms with Crippen LogP contribution in [0.4, 0.5) is 0 Å². The van der Waals surface area contributed by atoms with E-state index in [0.717, 1.165) is 24.8 Å². The maximum Gasteiger partial charge on any atom is 0.317 e. The molecule has 1 saturated heterocycles. The van der Waals surface area contributed by atoms with Crippen LogP contribution in [0.1, 0.15) is 35.2 Å². The van der Waals surface area contributed by atoms with Crippen molar-refractivity contribution < 1.29 is 19.4 Å². The molecule has 0 unspecified atom stereocenters. The minimum Gasteiger partial charge on any atom is -0.489 e. The van der Waals surface area contributed by atoms with Gasteiger partial charge in [0.05, 0.1) is 6.54 Å². The second kappa shape index (κ2) is 10.1. The van der Waals surface area contributed by atoms with Crippen LogP contribution in [0.2, 0.25) is 0 Å². The summed E-state index contributed by atoms with van der Waals surface area (Å²) in [6, 6.07) is 17.4. The number of carboxylic acids is 1. The predicted molar refractivity (Wildman–Crippen MR) is 111 cm³/mol. The third kappa shape index (κ3) is 6.06. The summed E-state index contributed by atoms with van der Waals surface area (Å²) >= 11 is 0. The summed E-state index contributed by atoms with van der Waals surface area (Å²) in [6.45, 7) is 1.80. The largest absolute Gasteiger partial charge is 0.489 e. The van der Waals surface area contributed by atoms with Gasteiger partial charge in [-0.05, 0) is 50.1 Å². The van der Waals surface area contributed by atoms with E-state index in [1.54, 1.807) is 6.07 Å². The summed E-state index contributed by atoms with van der Waals surface area (Å²) in [5.74, 6) is -0.151. The van der Waals surface area contributed by atoms with Crippen LogP contribution >= 0.6 is 0 Å². The molecule has 0 aliphatic carbocycles. The van der Waals surface area contributed by atoms with Gasteiger partial charge in [-0.25, -0.2) is 0 Å². The minimum atomic E-state index is -0.822. The van der Waals surface area contributed by atoms with E-state index in [0.29, 0.717) is 31.0 Å². The maximum atomic E-state index is 13.0. The van der Waals surface area contributed by atoms with Crippen LogP contribution in [-0.4, -0.2) is 59.5 Å². The lowest BCUT2D eigenvalue weighted by molar-refractivity contribution is -0.138. The van der Waals surface area contributed by atoms with Crippen LogP contribution in [-0.2, 0) is 11.4 Å². The SMILES string of the molecule is CN(CC(=O)O)[C@@H]1CCCN(C(=O)c2cccc(OCc3ccccc3)c2)CC1. The molecule has 0 saturated carbocycles. The summed E-state index contributed by atoms with van der Waals surface area (Å²) in [4.78, 5) is 27.7. The van der Waals surface area contributed by atoms with E-state index >= 15 is 0 Å². The second-order valence-electron chi connectivity index (χ2n) is 7.49. The average molecular weight is 396 g/mol. The van der Waals surface area contributed by atoms with Crippen molar-refractivity contribution in [1.29, 1.82) is 0 Å². The lowest BCUT2D eigenvalue weighted by Crippen LogP contribution is -2.37. The zero-order valence-corrected chi connectivity index (χ0v) is 16.8. The van der Waals surface area contributed by atoms with Gasteiger partial charge in [0.25, 0.3) is 5.91 Å². The smallest absolute Gasteiger partial charge is 0.317 e. The summed E-state index contributed by atoms with van der Waals surface area (Å²) in [6.07, 6.45) is 2.54. The van der Waals surface area contributed by atoms with Crippen molar-refractivity contribution in [3.63, 3.8) is 0 Å². The van der Waals surface area contributed by atoms with Gasteiger partial charge in [-0.15, -0.1) is 0 Å². The predicted octanol–water partition coefficient (Wildman–Crippen LogP) is 3.28. The molecular weight excluding hydrogens is 368 g/mol. The Morgan fingerprint density at radius 1 is 1.10 bits per heavy atom. The molecule has 0 spiro atoms. The summed E-state index contributed by atoms with van der Waals surface area (Å²) < 4.78 is 5.85. The van der Waals surface area contributed by atoms with Gasteiger partial charge in [0, 0.05) is 24.7 Å². The number of ether oxygens (including phenoxy) is 1. The topological polar surface area (TPSA) is 70.1 Å². The highest BCUT2D eigenvalue weighted by Gasteiger charge is 2.24. The van der Waals surface area contributed by atoms with Crippen LogP contribution in [0.25, 0.3) is 0 Å². The van der Waals surface area contributed by atoms with Gasteiger partial charge in [-0.3, -0.25) is 14.5 Å². The highest BCUT2D eigenvalue weighted by molar-refractivity contribution is 5.94. The summed E-state index contributed by atoms with van der Waals surface area (Å²) in [5.41, 5.74) is 1.70. The summed E-state index contributed by atoms with van der Waals surface area (Å²) in [7, 11) is 1.84. The van der Waals surface area contributed by atoms with Gasteiger partial charge in [-0.2, -0.15) is 0 Å². The molecule has 6 heteroatoms. The van der Waals surface area contributed by atoms with Gasteiger partial charge in [0.2, 0.25) is 0 Å². The third-order valence-corrected chi connectivity index (χ3v) is 5.32. The molecule has 1 amide bonds. The number of nitrogens with zero attached hydrogens (tertiary/aromatic N) is 2. The van der Waals surface area contributed by atoms with Crippen LogP contribution in [0.3, 0.4) is 0 Å². The Balaban J connectivity index is 1.59. The fraction of sp³-hybridized carbons (Fsp3) is 0.391. The first-order valence-corrected chi connectivity index (χ1v) is 10.0. The normalized spacial score (nSPS) is 17.0. The van der Waals surface area contributed by atoms with Crippen molar-refractivity contribution in [2.75, 3.05) is 26.7 Å². The van der Waals surface area contributed by atoms with Crippen LogP contribution in [0.15, 0.2) is 54.6 Å². The zero-order valence-electron chi connectivity index (χ0n) is 16.8. The lowest BCUT2D eigenvalue weighted by atomic mass is 10.1. The number of benzene rings is 2. The minimum absolute atomic E-state index is 0.00306. The molecule has 6 nitrogen and oxygen atoms in total. The van der Waals surface area contributed by atoms with Crippen molar-refractivity contribution in [3.8, 4) is 5.75 Å². The number of rotatable bonds is 7. The first-order chi connectivity index (χ1) is 14.0. The highest BCUT2D eigenvalue weighted by Crippen LogP contribution is 2.20. The number of carbonyl (C=O) groups excluding carboxylic acids is 1.